The van der Waals surface area contributed by atoms with Gasteiger partial charge in [0.25, 0.3) is 0 Å². The van der Waals surface area contributed by atoms with Crippen LogP contribution in [-0.2, 0) is 13.0 Å². The van der Waals surface area contributed by atoms with Crippen LogP contribution in [0.4, 0.5) is 15.9 Å². The van der Waals surface area contributed by atoms with Gasteiger partial charge < -0.3 is 10.2 Å². The molecule has 1 heterocycles. The normalized spacial score (nSPS) is 10.7. The van der Waals surface area contributed by atoms with Gasteiger partial charge in [0, 0.05) is 18.8 Å². The van der Waals surface area contributed by atoms with Gasteiger partial charge in [0.1, 0.15) is 11.6 Å². The first-order chi connectivity index (χ1) is 10.2. The molecule has 112 valence electrons. The van der Waals surface area contributed by atoms with E-state index in [-0.39, 0.29) is 5.82 Å². The van der Waals surface area contributed by atoms with Gasteiger partial charge in [0.15, 0.2) is 0 Å². The zero-order valence-corrected chi connectivity index (χ0v) is 12.9. The number of pyridine rings is 1. The number of aryl methyl sites for hydroxylation is 1. The minimum absolute atomic E-state index is 0.224. The van der Waals surface area contributed by atoms with Crippen LogP contribution >= 0.6 is 0 Å². The Hall–Kier alpha value is -1.94. The SMILES string of the molecule is CCc1cc(CNC)cc(N(CC)c2ccccc2F)n1. The molecule has 0 saturated carbocycles. The van der Waals surface area contributed by atoms with Crippen LogP contribution < -0.4 is 10.2 Å². The summed E-state index contributed by atoms with van der Waals surface area (Å²) in [6.45, 7) is 5.52. The lowest BCUT2D eigenvalue weighted by atomic mass is 10.1. The molecule has 0 bridgehead atoms. The molecule has 0 saturated heterocycles. The maximum atomic E-state index is 14.1. The van der Waals surface area contributed by atoms with Crippen LogP contribution in [0.15, 0.2) is 36.4 Å². The summed E-state index contributed by atoms with van der Waals surface area (Å²) in [5.74, 6) is 0.574. The molecule has 2 aromatic rings. The quantitative estimate of drug-likeness (QED) is 0.879. The summed E-state index contributed by atoms with van der Waals surface area (Å²) in [5.41, 5.74) is 2.75. The van der Waals surface area contributed by atoms with Crippen molar-refractivity contribution in [2.45, 2.75) is 26.8 Å². The smallest absolute Gasteiger partial charge is 0.146 e. The highest BCUT2D eigenvalue weighted by molar-refractivity contribution is 5.61. The number of para-hydroxylation sites is 1. The van der Waals surface area contributed by atoms with Gasteiger partial charge in [-0.05, 0) is 50.2 Å². The van der Waals surface area contributed by atoms with Gasteiger partial charge in [0.05, 0.1) is 5.69 Å². The highest BCUT2D eigenvalue weighted by Crippen LogP contribution is 2.27. The maximum absolute atomic E-state index is 14.1. The summed E-state index contributed by atoms with van der Waals surface area (Å²) in [5, 5.41) is 3.15. The van der Waals surface area contributed by atoms with E-state index in [0.29, 0.717) is 12.2 Å². The number of nitrogens with one attached hydrogen (secondary N) is 1. The van der Waals surface area contributed by atoms with Crippen LogP contribution in [-0.4, -0.2) is 18.6 Å². The fourth-order valence-corrected chi connectivity index (χ4v) is 2.39. The molecular weight excluding hydrogens is 265 g/mol. The summed E-state index contributed by atoms with van der Waals surface area (Å²) in [6.07, 6.45) is 0.860. The molecule has 2 rings (SSSR count). The van der Waals surface area contributed by atoms with E-state index >= 15 is 0 Å². The molecule has 3 nitrogen and oxygen atoms in total. The lowest BCUT2D eigenvalue weighted by molar-refractivity contribution is 0.625. The van der Waals surface area contributed by atoms with Crippen LogP contribution in [0.5, 0.6) is 0 Å². The Morgan fingerprint density at radius 1 is 1.19 bits per heavy atom. The zero-order valence-electron chi connectivity index (χ0n) is 12.9. The fourth-order valence-electron chi connectivity index (χ4n) is 2.39. The number of nitrogens with zero attached hydrogens (tertiary/aromatic N) is 2. The number of hydrogen-bond donors (Lipinski definition) is 1. The number of halogens is 1. The number of hydrogen-bond acceptors (Lipinski definition) is 3. The Balaban J connectivity index is 2.46. The van der Waals surface area contributed by atoms with Gasteiger partial charge in [-0.3, -0.25) is 0 Å². The lowest BCUT2D eigenvalue weighted by Gasteiger charge is -2.24. The predicted molar refractivity (Wildman–Crippen MR) is 85.5 cm³/mol. The number of aromatic nitrogens is 1. The highest BCUT2D eigenvalue weighted by atomic mass is 19.1. The van der Waals surface area contributed by atoms with Crippen LogP contribution in [0.2, 0.25) is 0 Å². The third-order valence-electron chi connectivity index (χ3n) is 3.40. The van der Waals surface area contributed by atoms with Crippen molar-refractivity contribution >= 4 is 11.5 Å². The molecule has 0 atom stereocenters. The molecular formula is C17H22FN3. The maximum Gasteiger partial charge on any atom is 0.146 e. The van der Waals surface area contributed by atoms with Crippen molar-refractivity contribution in [2.24, 2.45) is 0 Å². The van der Waals surface area contributed by atoms with Crippen molar-refractivity contribution < 1.29 is 4.39 Å². The third-order valence-corrected chi connectivity index (χ3v) is 3.40. The second-order valence-electron chi connectivity index (χ2n) is 4.90. The summed E-state index contributed by atoms with van der Waals surface area (Å²) in [6, 6.07) is 10.9. The lowest BCUT2D eigenvalue weighted by Crippen LogP contribution is -2.20. The van der Waals surface area contributed by atoms with Gasteiger partial charge in [-0.2, -0.15) is 0 Å². The van der Waals surface area contributed by atoms with E-state index in [1.54, 1.807) is 12.1 Å². The van der Waals surface area contributed by atoms with E-state index in [9.17, 15) is 4.39 Å². The molecule has 0 amide bonds. The van der Waals surface area contributed by atoms with E-state index in [4.69, 9.17) is 0 Å². The molecule has 0 radical (unpaired) electrons. The van der Waals surface area contributed by atoms with Crippen molar-refractivity contribution in [3.8, 4) is 0 Å². The molecule has 1 aromatic heterocycles. The molecule has 0 aliphatic heterocycles. The first kappa shape index (κ1) is 15.4. The van der Waals surface area contributed by atoms with Crippen LogP contribution in [0.1, 0.15) is 25.1 Å². The minimum atomic E-state index is -0.224. The largest absolute Gasteiger partial charge is 0.324 e. The van der Waals surface area contributed by atoms with Gasteiger partial charge in [0.2, 0.25) is 0 Å². The van der Waals surface area contributed by atoms with Crippen molar-refractivity contribution in [3.63, 3.8) is 0 Å². The second-order valence-corrected chi connectivity index (χ2v) is 4.90. The average Bonchev–Trinajstić information content (AvgIpc) is 2.50. The number of benzene rings is 1. The molecule has 4 heteroatoms. The molecule has 21 heavy (non-hydrogen) atoms. The van der Waals surface area contributed by atoms with Gasteiger partial charge in [-0.15, -0.1) is 0 Å². The molecule has 1 N–H and O–H groups in total. The van der Waals surface area contributed by atoms with E-state index in [0.717, 1.165) is 30.0 Å². The molecule has 0 fully saturated rings. The topological polar surface area (TPSA) is 28.2 Å². The Bertz CT molecular complexity index is 598. The van der Waals surface area contributed by atoms with Crippen LogP contribution in [0.25, 0.3) is 0 Å². The number of anilines is 2. The standard InChI is InChI=1S/C17H22FN3/c1-4-14-10-13(12-19-3)11-17(20-14)21(5-2)16-9-7-6-8-15(16)18/h6-11,19H,4-5,12H2,1-3H3. The summed E-state index contributed by atoms with van der Waals surface area (Å²) < 4.78 is 14.1. The van der Waals surface area contributed by atoms with Crippen LogP contribution in [0, 0.1) is 5.82 Å². The minimum Gasteiger partial charge on any atom is -0.324 e. The zero-order chi connectivity index (χ0) is 15.2. The van der Waals surface area contributed by atoms with Gasteiger partial charge in [-0.1, -0.05) is 19.1 Å². The molecule has 1 aromatic carbocycles. The Labute approximate surface area is 125 Å². The van der Waals surface area contributed by atoms with Crippen molar-refractivity contribution in [2.75, 3.05) is 18.5 Å². The monoisotopic (exact) mass is 287 g/mol. The third kappa shape index (κ3) is 3.58. The highest BCUT2D eigenvalue weighted by Gasteiger charge is 2.14. The predicted octanol–water partition coefficient (Wildman–Crippen LogP) is 3.66. The average molecular weight is 287 g/mol. The van der Waals surface area contributed by atoms with Crippen molar-refractivity contribution in [3.05, 3.63) is 53.5 Å². The molecule has 0 unspecified atom stereocenters. The Kier molecular flexibility index (Phi) is 5.28. The van der Waals surface area contributed by atoms with Gasteiger partial charge in [-0.25, -0.2) is 9.37 Å². The Morgan fingerprint density at radius 2 is 1.95 bits per heavy atom. The van der Waals surface area contributed by atoms with Crippen LogP contribution in [0.3, 0.4) is 0 Å². The summed E-state index contributed by atoms with van der Waals surface area (Å²) in [7, 11) is 1.92. The van der Waals surface area contributed by atoms with E-state index in [2.05, 4.69) is 23.3 Å². The first-order valence-electron chi connectivity index (χ1n) is 7.36. The van der Waals surface area contributed by atoms with Gasteiger partial charge >= 0.3 is 0 Å². The molecule has 0 spiro atoms. The van der Waals surface area contributed by atoms with Crippen molar-refractivity contribution in [1.82, 2.24) is 10.3 Å². The number of rotatable bonds is 6. The second kappa shape index (κ2) is 7.18. The van der Waals surface area contributed by atoms with Crippen molar-refractivity contribution in [1.29, 1.82) is 0 Å². The first-order valence-corrected chi connectivity index (χ1v) is 7.36. The van der Waals surface area contributed by atoms with E-state index in [1.807, 2.05) is 31.0 Å². The molecule has 0 aliphatic rings. The fraction of sp³-hybridized carbons (Fsp3) is 0.353. The summed E-state index contributed by atoms with van der Waals surface area (Å²) >= 11 is 0. The van der Waals surface area contributed by atoms with E-state index in [1.165, 1.54) is 6.07 Å². The Morgan fingerprint density at radius 3 is 2.57 bits per heavy atom. The van der Waals surface area contributed by atoms with E-state index < -0.39 is 0 Å². The summed E-state index contributed by atoms with van der Waals surface area (Å²) in [4.78, 5) is 6.56. The molecule has 0 aliphatic carbocycles.